The van der Waals surface area contributed by atoms with Crippen LogP contribution in [-0.2, 0) is 6.18 Å². The number of rotatable bonds is 5. The van der Waals surface area contributed by atoms with Crippen molar-refractivity contribution in [1.82, 2.24) is 14.8 Å². The highest BCUT2D eigenvalue weighted by atomic mass is 19.4. The van der Waals surface area contributed by atoms with Gasteiger partial charge in [-0.2, -0.15) is 18.3 Å². The summed E-state index contributed by atoms with van der Waals surface area (Å²) < 4.78 is 52.1. The normalized spacial score (nSPS) is 11.6. The van der Waals surface area contributed by atoms with E-state index >= 15 is 0 Å². The molecule has 0 unspecified atom stereocenters. The maximum Gasteiger partial charge on any atom is 0.416 e. The predicted molar refractivity (Wildman–Crippen MR) is 106 cm³/mol. The van der Waals surface area contributed by atoms with Crippen LogP contribution in [0.2, 0.25) is 0 Å². The van der Waals surface area contributed by atoms with Crippen molar-refractivity contribution in [3.05, 3.63) is 65.9 Å². The topological polar surface area (TPSA) is 82.2 Å². The van der Waals surface area contributed by atoms with E-state index in [1.165, 1.54) is 23.4 Å². The summed E-state index contributed by atoms with van der Waals surface area (Å²) in [6, 6.07) is 8.11. The molecule has 0 aliphatic heterocycles. The molecule has 2 aromatic heterocycles. The Morgan fingerprint density at radius 1 is 1.23 bits per heavy atom. The molecule has 0 atom stereocenters. The Hall–Kier alpha value is -3.82. The van der Waals surface area contributed by atoms with Crippen molar-refractivity contribution < 1.29 is 27.1 Å². The van der Waals surface area contributed by atoms with Gasteiger partial charge in [-0.25, -0.2) is 9.67 Å². The molecule has 1 N–H and O–H groups in total. The lowest BCUT2D eigenvalue weighted by Crippen LogP contribution is -2.16. The molecule has 0 aliphatic rings. The lowest BCUT2D eigenvalue weighted by molar-refractivity contribution is -0.137. The largest absolute Gasteiger partial charge is 0.494 e. The van der Waals surface area contributed by atoms with E-state index in [1.54, 1.807) is 25.1 Å². The number of anilines is 1. The quantitative estimate of drug-likeness (QED) is 0.482. The van der Waals surface area contributed by atoms with Crippen molar-refractivity contribution in [2.24, 2.45) is 0 Å². The number of halogens is 3. The van der Waals surface area contributed by atoms with Gasteiger partial charge in [0.05, 0.1) is 23.5 Å². The number of alkyl halides is 3. The molecule has 0 aliphatic carbocycles. The van der Waals surface area contributed by atoms with Crippen LogP contribution in [0.15, 0.2) is 53.5 Å². The molecule has 4 rings (SSSR count). The van der Waals surface area contributed by atoms with Crippen molar-refractivity contribution in [2.75, 3.05) is 11.9 Å². The SMILES string of the molecule is CCOc1ccc2oc(C(=O)Nc3cc(C(F)(F)F)ccc3-n3cncn3)c(C)c2c1. The van der Waals surface area contributed by atoms with Crippen LogP contribution < -0.4 is 10.1 Å². The molecular formula is C21H17F3N4O3. The second kappa shape index (κ2) is 7.78. The fourth-order valence-corrected chi connectivity index (χ4v) is 3.20. The van der Waals surface area contributed by atoms with Gasteiger partial charge in [0.2, 0.25) is 0 Å². The van der Waals surface area contributed by atoms with Gasteiger partial charge in [0.15, 0.2) is 5.76 Å². The monoisotopic (exact) mass is 430 g/mol. The van der Waals surface area contributed by atoms with Gasteiger partial charge < -0.3 is 14.5 Å². The minimum absolute atomic E-state index is 0.00870. The Morgan fingerprint density at radius 3 is 2.71 bits per heavy atom. The number of benzene rings is 2. The fourth-order valence-electron chi connectivity index (χ4n) is 3.20. The summed E-state index contributed by atoms with van der Waals surface area (Å²) in [6.45, 7) is 4.03. The summed E-state index contributed by atoms with van der Waals surface area (Å²) in [5, 5.41) is 7.13. The highest BCUT2D eigenvalue weighted by Gasteiger charge is 2.31. The van der Waals surface area contributed by atoms with E-state index < -0.39 is 17.6 Å². The molecule has 0 bridgehead atoms. The number of ether oxygens (including phenoxy) is 1. The maximum atomic E-state index is 13.2. The van der Waals surface area contributed by atoms with E-state index in [1.807, 2.05) is 6.92 Å². The molecule has 1 amide bonds. The summed E-state index contributed by atoms with van der Waals surface area (Å²) >= 11 is 0. The highest BCUT2D eigenvalue weighted by molar-refractivity contribution is 6.07. The molecule has 0 radical (unpaired) electrons. The van der Waals surface area contributed by atoms with Crippen LogP contribution in [0.1, 0.15) is 28.6 Å². The summed E-state index contributed by atoms with van der Waals surface area (Å²) in [6.07, 6.45) is -2.02. The molecule has 0 spiro atoms. The molecule has 2 aromatic carbocycles. The number of amides is 1. The zero-order valence-corrected chi connectivity index (χ0v) is 16.5. The number of nitrogens with one attached hydrogen (secondary N) is 1. The Morgan fingerprint density at radius 2 is 2.03 bits per heavy atom. The molecule has 160 valence electrons. The number of hydrogen-bond acceptors (Lipinski definition) is 5. The summed E-state index contributed by atoms with van der Waals surface area (Å²) in [7, 11) is 0. The van der Waals surface area contributed by atoms with Crippen LogP contribution in [-0.4, -0.2) is 27.3 Å². The smallest absolute Gasteiger partial charge is 0.416 e. The number of fused-ring (bicyclic) bond motifs is 1. The second-order valence-corrected chi connectivity index (χ2v) is 6.67. The van der Waals surface area contributed by atoms with Crippen LogP contribution in [0.4, 0.5) is 18.9 Å². The second-order valence-electron chi connectivity index (χ2n) is 6.67. The average molecular weight is 430 g/mol. The number of furan rings is 1. The first-order valence-corrected chi connectivity index (χ1v) is 9.31. The summed E-state index contributed by atoms with van der Waals surface area (Å²) in [4.78, 5) is 16.7. The van der Waals surface area contributed by atoms with Gasteiger partial charge >= 0.3 is 6.18 Å². The van der Waals surface area contributed by atoms with E-state index in [0.29, 0.717) is 28.9 Å². The Balaban J connectivity index is 1.73. The van der Waals surface area contributed by atoms with E-state index in [-0.39, 0.29) is 17.1 Å². The molecule has 7 nitrogen and oxygen atoms in total. The first kappa shape index (κ1) is 20.5. The zero-order chi connectivity index (χ0) is 22.2. The minimum atomic E-state index is -4.58. The minimum Gasteiger partial charge on any atom is -0.494 e. The lowest BCUT2D eigenvalue weighted by Gasteiger charge is -2.14. The third-order valence-electron chi connectivity index (χ3n) is 4.66. The average Bonchev–Trinajstić information content (AvgIpc) is 3.36. The number of aryl methyl sites for hydroxylation is 1. The van der Waals surface area contributed by atoms with Crippen LogP contribution in [0, 0.1) is 6.92 Å². The number of nitrogens with zero attached hydrogens (tertiary/aromatic N) is 3. The first-order chi connectivity index (χ1) is 14.8. The van der Waals surface area contributed by atoms with Crippen LogP contribution in [0.3, 0.4) is 0 Å². The fraction of sp³-hybridized carbons (Fsp3) is 0.190. The van der Waals surface area contributed by atoms with Crippen molar-refractivity contribution in [3.63, 3.8) is 0 Å². The third kappa shape index (κ3) is 3.96. The molecule has 31 heavy (non-hydrogen) atoms. The Bertz CT molecular complexity index is 1250. The number of aromatic nitrogens is 3. The molecule has 4 aromatic rings. The number of carbonyl (C=O) groups excluding carboxylic acids is 1. The van der Waals surface area contributed by atoms with Crippen molar-refractivity contribution in [3.8, 4) is 11.4 Å². The third-order valence-corrected chi connectivity index (χ3v) is 4.66. The Kier molecular flexibility index (Phi) is 5.14. The first-order valence-electron chi connectivity index (χ1n) is 9.31. The maximum absolute atomic E-state index is 13.2. The van der Waals surface area contributed by atoms with E-state index in [2.05, 4.69) is 15.4 Å². The molecule has 2 heterocycles. The van der Waals surface area contributed by atoms with E-state index in [0.717, 1.165) is 12.1 Å². The van der Waals surface area contributed by atoms with Crippen LogP contribution in [0.25, 0.3) is 16.7 Å². The molecule has 0 saturated heterocycles. The van der Waals surface area contributed by atoms with E-state index in [4.69, 9.17) is 9.15 Å². The van der Waals surface area contributed by atoms with Gasteiger partial charge in [0.1, 0.15) is 24.0 Å². The van der Waals surface area contributed by atoms with Crippen LogP contribution in [0.5, 0.6) is 5.75 Å². The van der Waals surface area contributed by atoms with Crippen LogP contribution >= 0.6 is 0 Å². The number of carbonyl (C=O) groups is 1. The Labute approximate surface area is 174 Å². The molecule has 0 fully saturated rings. The molecule has 0 saturated carbocycles. The van der Waals surface area contributed by atoms with Gasteiger partial charge in [0, 0.05) is 10.9 Å². The van der Waals surface area contributed by atoms with Crippen molar-refractivity contribution in [2.45, 2.75) is 20.0 Å². The lowest BCUT2D eigenvalue weighted by atomic mass is 10.1. The predicted octanol–water partition coefficient (Wildman–Crippen LogP) is 4.99. The van der Waals surface area contributed by atoms with Gasteiger partial charge in [-0.15, -0.1) is 0 Å². The van der Waals surface area contributed by atoms with Crippen molar-refractivity contribution in [1.29, 1.82) is 0 Å². The molecular weight excluding hydrogens is 413 g/mol. The summed E-state index contributed by atoms with van der Waals surface area (Å²) in [5.74, 6) is -0.0739. The van der Waals surface area contributed by atoms with Gasteiger partial charge in [-0.3, -0.25) is 4.79 Å². The number of hydrogen-bond donors (Lipinski definition) is 1. The van der Waals surface area contributed by atoms with Gasteiger partial charge in [0.25, 0.3) is 5.91 Å². The highest BCUT2D eigenvalue weighted by Crippen LogP contribution is 2.34. The summed E-state index contributed by atoms with van der Waals surface area (Å²) in [5.41, 5.74) is 0.246. The van der Waals surface area contributed by atoms with E-state index in [9.17, 15) is 18.0 Å². The van der Waals surface area contributed by atoms with Gasteiger partial charge in [-0.1, -0.05) is 0 Å². The zero-order valence-electron chi connectivity index (χ0n) is 16.5. The standard InChI is InChI=1S/C21H17F3N4O3/c1-3-30-14-5-7-18-15(9-14)12(2)19(31-18)20(29)27-16-8-13(21(22,23)24)4-6-17(16)28-11-25-10-26-28/h4-11H,3H2,1-2H3,(H,27,29). The van der Waals surface area contributed by atoms with Gasteiger partial charge in [-0.05, 0) is 50.2 Å². The molecule has 10 heteroatoms. The van der Waals surface area contributed by atoms with Crippen molar-refractivity contribution >= 4 is 22.6 Å².